The molecule has 38 heavy (non-hydrogen) atoms. The molecule has 2 amide bonds. The fraction of sp³-hybridized carbons (Fsp3) is 0.207. The number of imide groups is 1. The van der Waals surface area contributed by atoms with E-state index in [4.69, 9.17) is 14.2 Å². The van der Waals surface area contributed by atoms with Crippen LogP contribution in [0.5, 0.6) is 17.2 Å². The maximum Gasteiger partial charge on any atom is 0.240 e. The molecule has 8 nitrogen and oxygen atoms in total. The van der Waals surface area contributed by atoms with E-state index in [-0.39, 0.29) is 18.5 Å². The largest absolute Gasteiger partial charge is 0.496 e. The smallest absolute Gasteiger partial charge is 0.240 e. The van der Waals surface area contributed by atoms with E-state index in [2.05, 4.69) is 15.9 Å². The molecule has 2 saturated heterocycles. The fourth-order valence-corrected chi connectivity index (χ4v) is 6.67. The minimum atomic E-state index is -0.859. The number of hydrogen-bond donors (Lipinski definition) is 0. The van der Waals surface area contributed by atoms with E-state index in [1.807, 2.05) is 41.4 Å². The molecule has 0 unspecified atom stereocenters. The Bertz CT molecular complexity index is 1570. The molecule has 4 aliphatic rings. The molecule has 0 aromatic heterocycles. The fourth-order valence-electron chi connectivity index (χ4n) is 6.13. The lowest BCUT2D eigenvalue weighted by Gasteiger charge is -2.35. The standard InChI is InChI=1S/C29H21BrN2O6/c1-36-20-8-6-16(12-19(20)30)27(33)26-24-23(25-18-5-3-2-4-15(18)10-11-31(25)26)28(34)32(29(24)35)17-7-9-21-22(13-17)38-14-37-21/h2-13,23-26H,14H2,1H3/t23-,24+,25-,26-/m0/s1. The normalized spacial score (nSPS) is 24.4. The van der Waals surface area contributed by atoms with Gasteiger partial charge >= 0.3 is 0 Å². The van der Waals surface area contributed by atoms with E-state index in [1.54, 1.807) is 43.5 Å². The summed E-state index contributed by atoms with van der Waals surface area (Å²) in [5.41, 5.74) is 2.72. The summed E-state index contributed by atoms with van der Waals surface area (Å²) in [6, 6.07) is 16.6. The average Bonchev–Trinajstić information content (AvgIpc) is 3.61. The van der Waals surface area contributed by atoms with Gasteiger partial charge in [0.05, 0.1) is 35.1 Å². The molecule has 4 atom stereocenters. The highest BCUT2D eigenvalue weighted by Gasteiger charge is 2.64. The summed E-state index contributed by atoms with van der Waals surface area (Å²) in [5.74, 6) is -0.917. The van der Waals surface area contributed by atoms with Gasteiger partial charge in [0.1, 0.15) is 11.8 Å². The molecule has 0 spiro atoms. The lowest BCUT2D eigenvalue weighted by molar-refractivity contribution is -0.123. The van der Waals surface area contributed by atoms with Crippen LogP contribution in [-0.2, 0) is 9.59 Å². The molecule has 0 bridgehead atoms. The van der Waals surface area contributed by atoms with Gasteiger partial charge in [-0.3, -0.25) is 14.4 Å². The van der Waals surface area contributed by atoms with Crippen LogP contribution in [0, 0.1) is 11.8 Å². The second-order valence-corrected chi connectivity index (χ2v) is 10.5. The van der Waals surface area contributed by atoms with Crippen molar-refractivity contribution in [1.29, 1.82) is 0 Å². The number of amides is 2. The Morgan fingerprint density at radius 3 is 2.58 bits per heavy atom. The van der Waals surface area contributed by atoms with Crippen molar-refractivity contribution >= 4 is 45.3 Å². The Morgan fingerprint density at radius 2 is 1.76 bits per heavy atom. The third kappa shape index (κ3) is 3.18. The van der Waals surface area contributed by atoms with Gasteiger partial charge in [-0.15, -0.1) is 0 Å². The highest BCUT2D eigenvalue weighted by molar-refractivity contribution is 9.10. The lowest BCUT2D eigenvalue weighted by Crippen LogP contribution is -2.44. The minimum Gasteiger partial charge on any atom is -0.496 e. The molecule has 4 aliphatic heterocycles. The monoisotopic (exact) mass is 572 g/mol. The summed E-state index contributed by atoms with van der Waals surface area (Å²) in [4.78, 5) is 45.3. The van der Waals surface area contributed by atoms with E-state index >= 15 is 0 Å². The van der Waals surface area contributed by atoms with E-state index in [0.717, 1.165) is 11.1 Å². The van der Waals surface area contributed by atoms with Crippen molar-refractivity contribution in [3.63, 3.8) is 0 Å². The second-order valence-electron chi connectivity index (χ2n) is 9.60. The number of carbonyl (C=O) groups is 3. The van der Waals surface area contributed by atoms with Crippen molar-refractivity contribution in [2.24, 2.45) is 11.8 Å². The predicted octanol–water partition coefficient (Wildman–Crippen LogP) is 4.58. The lowest BCUT2D eigenvalue weighted by atomic mass is 9.83. The Hall–Kier alpha value is -4.11. The van der Waals surface area contributed by atoms with Gasteiger partial charge in [0.25, 0.3) is 0 Å². The molecular formula is C29H21BrN2O6. The van der Waals surface area contributed by atoms with Gasteiger partial charge in [-0.2, -0.15) is 0 Å². The summed E-state index contributed by atoms with van der Waals surface area (Å²) in [7, 11) is 1.55. The van der Waals surface area contributed by atoms with Crippen molar-refractivity contribution in [3.8, 4) is 17.2 Å². The third-order valence-corrected chi connectivity index (χ3v) is 8.40. The molecule has 7 rings (SSSR count). The number of anilines is 1. The Morgan fingerprint density at radius 1 is 0.974 bits per heavy atom. The zero-order valence-electron chi connectivity index (χ0n) is 20.2. The second kappa shape index (κ2) is 8.46. The van der Waals surface area contributed by atoms with Crippen LogP contribution in [0.3, 0.4) is 0 Å². The number of nitrogens with zero attached hydrogens (tertiary/aromatic N) is 2. The SMILES string of the molecule is COc1ccc(C(=O)[C@@H]2[C@@H]3C(=O)N(c4ccc5c(c4)OCO5)C(=O)[C@@H]3[C@@H]3c4ccccc4C=CN23)cc1Br. The molecule has 0 N–H and O–H groups in total. The van der Waals surface area contributed by atoms with Crippen molar-refractivity contribution in [3.05, 3.63) is 88.0 Å². The molecule has 190 valence electrons. The summed E-state index contributed by atoms with van der Waals surface area (Å²) >= 11 is 3.46. The molecule has 0 radical (unpaired) electrons. The van der Waals surface area contributed by atoms with E-state index in [9.17, 15) is 14.4 Å². The number of hydrogen-bond acceptors (Lipinski definition) is 7. The molecule has 9 heteroatoms. The summed E-state index contributed by atoms with van der Waals surface area (Å²) < 4.78 is 16.8. The molecule has 4 heterocycles. The number of ether oxygens (including phenoxy) is 3. The Labute approximate surface area is 226 Å². The first-order valence-corrected chi connectivity index (χ1v) is 13.0. The van der Waals surface area contributed by atoms with Crippen LogP contribution in [0.25, 0.3) is 6.08 Å². The molecule has 2 fully saturated rings. The van der Waals surface area contributed by atoms with E-state index in [0.29, 0.717) is 33.0 Å². The van der Waals surface area contributed by atoms with Gasteiger partial charge in [-0.05, 0) is 63.5 Å². The highest BCUT2D eigenvalue weighted by atomic mass is 79.9. The maximum absolute atomic E-state index is 14.1. The van der Waals surface area contributed by atoms with Crippen LogP contribution < -0.4 is 19.1 Å². The summed E-state index contributed by atoms with van der Waals surface area (Å²) in [5, 5.41) is 0. The topological polar surface area (TPSA) is 85.4 Å². The Balaban J connectivity index is 1.35. The molecule has 0 saturated carbocycles. The number of rotatable bonds is 4. The van der Waals surface area contributed by atoms with Crippen molar-refractivity contribution in [1.82, 2.24) is 4.90 Å². The first kappa shape index (κ1) is 23.0. The van der Waals surface area contributed by atoms with Crippen molar-refractivity contribution in [2.75, 3.05) is 18.8 Å². The quantitative estimate of drug-likeness (QED) is 0.334. The Kier molecular flexibility index (Phi) is 5.13. The molecular weight excluding hydrogens is 552 g/mol. The average molecular weight is 573 g/mol. The van der Waals surface area contributed by atoms with Gasteiger partial charge in [-0.25, -0.2) is 4.90 Å². The van der Waals surface area contributed by atoms with Gasteiger partial charge in [0, 0.05) is 17.8 Å². The number of benzene rings is 3. The molecule has 0 aliphatic carbocycles. The van der Waals surface area contributed by atoms with E-state index < -0.39 is 29.8 Å². The minimum absolute atomic E-state index is 0.0834. The van der Waals surface area contributed by atoms with Crippen LogP contribution in [0.2, 0.25) is 0 Å². The van der Waals surface area contributed by atoms with Gasteiger partial charge in [0.2, 0.25) is 18.6 Å². The predicted molar refractivity (Wildman–Crippen MR) is 141 cm³/mol. The first-order chi connectivity index (χ1) is 18.5. The van der Waals surface area contributed by atoms with Gasteiger partial charge in [-0.1, -0.05) is 24.3 Å². The van der Waals surface area contributed by atoms with Gasteiger partial charge in [0.15, 0.2) is 17.3 Å². The number of carbonyl (C=O) groups excluding carboxylic acids is 3. The summed E-state index contributed by atoms with van der Waals surface area (Å²) in [6.45, 7) is 0.0834. The summed E-state index contributed by atoms with van der Waals surface area (Å²) in [6.07, 6.45) is 3.78. The zero-order valence-corrected chi connectivity index (χ0v) is 21.8. The van der Waals surface area contributed by atoms with Crippen molar-refractivity contribution in [2.45, 2.75) is 12.1 Å². The number of halogens is 1. The zero-order chi connectivity index (χ0) is 26.1. The molecule has 3 aromatic carbocycles. The van der Waals surface area contributed by atoms with Crippen LogP contribution in [0.4, 0.5) is 5.69 Å². The first-order valence-electron chi connectivity index (χ1n) is 12.2. The van der Waals surface area contributed by atoms with Gasteiger partial charge < -0.3 is 19.1 Å². The number of fused-ring (bicyclic) bond motifs is 6. The van der Waals surface area contributed by atoms with Crippen LogP contribution in [-0.4, -0.2) is 42.4 Å². The number of methoxy groups -OCH3 is 1. The number of Topliss-reactive ketones (excluding diaryl/α,β-unsaturated/α-hetero) is 1. The molecule has 3 aromatic rings. The van der Waals surface area contributed by atoms with Crippen LogP contribution in [0.1, 0.15) is 27.5 Å². The maximum atomic E-state index is 14.1. The van der Waals surface area contributed by atoms with Crippen LogP contribution in [0.15, 0.2) is 71.3 Å². The number of ketones is 1. The van der Waals surface area contributed by atoms with Crippen molar-refractivity contribution < 1.29 is 28.6 Å². The van der Waals surface area contributed by atoms with E-state index in [1.165, 1.54) is 4.90 Å². The van der Waals surface area contributed by atoms with Crippen LogP contribution >= 0.6 is 15.9 Å². The highest BCUT2D eigenvalue weighted by Crippen LogP contribution is 2.54. The third-order valence-electron chi connectivity index (χ3n) is 7.78.